The average molecular weight is 363 g/mol. The normalized spacial score (nSPS) is 16.6. The van der Waals surface area contributed by atoms with E-state index in [-0.39, 0.29) is 6.16 Å². The molecular formula is C18H26N3O3P. The van der Waals surface area contributed by atoms with Crippen LogP contribution in [-0.4, -0.2) is 39.0 Å². The lowest BCUT2D eigenvalue weighted by molar-refractivity contribution is 0.350. The summed E-state index contributed by atoms with van der Waals surface area (Å²) in [5.41, 5.74) is 2.18. The highest BCUT2D eigenvalue weighted by Crippen LogP contribution is 2.38. The predicted octanol–water partition coefficient (Wildman–Crippen LogP) is 3.28. The Morgan fingerprint density at radius 1 is 1.24 bits per heavy atom. The van der Waals surface area contributed by atoms with Crippen LogP contribution in [0.25, 0.3) is 10.9 Å². The molecular weight excluding hydrogens is 337 g/mol. The van der Waals surface area contributed by atoms with Gasteiger partial charge in [0.15, 0.2) is 0 Å². The molecule has 25 heavy (non-hydrogen) atoms. The summed E-state index contributed by atoms with van der Waals surface area (Å²) in [5, 5.41) is 1.08. The standard InChI is InChI=1S/C18H26N3O3P/c1-3-17-19-16-12-13(2)4-5-15(16)18(20-17)21-9-6-14(7-10-21)8-11-25(22,23)24/h4-5,12,14H,3,6-11H2,1-2H3,(H2,22,23,24). The smallest absolute Gasteiger partial charge is 0.325 e. The van der Waals surface area contributed by atoms with E-state index in [0.29, 0.717) is 12.3 Å². The lowest BCUT2D eigenvalue weighted by atomic mass is 9.94. The maximum Gasteiger partial charge on any atom is 0.325 e. The second kappa shape index (κ2) is 7.40. The lowest BCUT2D eigenvalue weighted by Gasteiger charge is -2.33. The van der Waals surface area contributed by atoms with Crippen LogP contribution in [0.2, 0.25) is 0 Å². The molecule has 2 N–H and O–H groups in total. The van der Waals surface area contributed by atoms with Gasteiger partial charge in [0.05, 0.1) is 11.7 Å². The summed E-state index contributed by atoms with van der Waals surface area (Å²) >= 11 is 0. The molecule has 0 unspecified atom stereocenters. The Bertz CT molecular complexity index is 797. The van der Waals surface area contributed by atoms with E-state index in [2.05, 4.69) is 41.9 Å². The Balaban J connectivity index is 1.78. The minimum atomic E-state index is -3.89. The molecule has 0 saturated carbocycles. The predicted molar refractivity (Wildman–Crippen MR) is 100 cm³/mol. The number of aromatic nitrogens is 2. The molecule has 7 heteroatoms. The second-order valence-corrected chi connectivity index (χ2v) is 8.72. The first kappa shape index (κ1) is 18.3. The maximum atomic E-state index is 11.1. The maximum absolute atomic E-state index is 11.1. The number of piperidine rings is 1. The third kappa shape index (κ3) is 4.57. The molecule has 0 amide bonds. The van der Waals surface area contributed by atoms with Crippen molar-refractivity contribution >= 4 is 24.3 Å². The van der Waals surface area contributed by atoms with Crippen molar-refractivity contribution in [1.29, 1.82) is 0 Å². The minimum Gasteiger partial charge on any atom is -0.356 e. The summed E-state index contributed by atoms with van der Waals surface area (Å²) in [5.74, 6) is 2.23. The van der Waals surface area contributed by atoms with Crippen molar-refractivity contribution in [3.8, 4) is 0 Å². The van der Waals surface area contributed by atoms with Crippen molar-refractivity contribution in [1.82, 2.24) is 9.97 Å². The fourth-order valence-electron chi connectivity index (χ4n) is 3.45. The van der Waals surface area contributed by atoms with Crippen molar-refractivity contribution < 1.29 is 14.4 Å². The van der Waals surface area contributed by atoms with E-state index in [9.17, 15) is 4.57 Å². The first-order valence-corrected chi connectivity index (χ1v) is 10.7. The largest absolute Gasteiger partial charge is 0.356 e. The zero-order chi connectivity index (χ0) is 18.0. The molecule has 6 nitrogen and oxygen atoms in total. The number of fused-ring (bicyclic) bond motifs is 1. The Morgan fingerprint density at radius 3 is 2.60 bits per heavy atom. The van der Waals surface area contributed by atoms with Gasteiger partial charge in [-0.3, -0.25) is 4.57 Å². The van der Waals surface area contributed by atoms with Gasteiger partial charge in [0, 0.05) is 24.9 Å². The second-order valence-electron chi connectivity index (χ2n) is 6.94. The van der Waals surface area contributed by atoms with Gasteiger partial charge in [0.2, 0.25) is 0 Å². The summed E-state index contributed by atoms with van der Waals surface area (Å²) in [4.78, 5) is 29.8. The fourth-order valence-corrected chi connectivity index (χ4v) is 4.15. The first-order valence-electron chi connectivity index (χ1n) is 8.92. The van der Waals surface area contributed by atoms with Crippen molar-refractivity contribution in [2.45, 2.75) is 39.5 Å². The van der Waals surface area contributed by atoms with Crippen LogP contribution in [0.15, 0.2) is 18.2 Å². The van der Waals surface area contributed by atoms with Gasteiger partial charge in [-0.15, -0.1) is 0 Å². The van der Waals surface area contributed by atoms with E-state index >= 15 is 0 Å². The molecule has 1 aliphatic heterocycles. The van der Waals surface area contributed by atoms with Gasteiger partial charge in [-0.25, -0.2) is 9.97 Å². The molecule has 2 aromatic rings. The van der Waals surface area contributed by atoms with E-state index in [1.807, 2.05) is 0 Å². The molecule has 0 aliphatic carbocycles. The van der Waals surface area contributed by atoms with E-state index in [4.69, 9.17) is 14.8 Å². The van der Waals surface area contributed by atoms with Gasteiger partial charge in [0.25, 0.3) is 0 Å². The quantitative estimate of drug-likeness (QED) is 0.793. The van der Waals surface area contributed by atoms with Crippen LogP contribution in [-0.2, 0) is 11.0 Å². The number of rotatable bonds is 5. The molecule has 136 valence electrons. The van der Waals surface area contributed by atoms with Gasteiger partial charge >= 0.3 is 7.60 Å². The van der Waals surface area contributed by atoms with Crippen LogP contribution in [0.1, 0.15) is 37.6 Å². The summed E-state index contributed by atoms with van der Waals surface area (Å²) in [6.07, 6.45) is 3.28. The van der Waals surface area contributed by atoms with Gasteiger partial charge in [-0.1, -0.05) is 13.0 Å². The van der Waals surface area contributed by atoms with E-state index in [1.165, 1.54) is 5.56 Å². The first-order chi connectivity index (χ1) is 11.9. The van der Waals surface area contributed by atoms with Crippen molar-refractivity contribution in [3.05, 3.63) is 29.6 Å². The van der Waals surface area contributed by atoms with Crippen LogP contribution < -0.4 is 4.90 Å². The van der Waals surface area contributed by atoms with E-state index in [0.717, 1.165) is 54.9 Å². The summed E-state index contributed by atoms with van der Waals surface area (Å²) in [7, 11) is -3.89. The molecule has 0 bridgehead atoms. The van der Waals surface area contributed by atoms with Gasteiger partial charge in [-0.2, -0.15) is 0 Å². The van der Waals surface area contributed by atoms with Crippen LogP contribution in [0.3, 0.4) is 0 Å². The summed E-state index contributed by atoms with van der Waals surface area (Å²) in [6.45, 7) is 5.87. The Morgan fingerprint density at radius 2 is 1.96 bits per heavy atom. The fraction of sp³-hybridized carbons (Fsp3) is 0.556. The van der Waals surface area contributed by atoms with Crippen LogP contribution >= 0.6 is 7.60 Å². The highest BCUT2D eigenvalue weighted by atomic mass is 31.2. The monoisotopic (exact) mass is 363 g/mol. The van der Waals surface area contributed by atoms with Gasteiger partial charge < -0.3 is 14.7 Å². The van der Waals surface area contributed by atoms with Crippen molar-refractivity contribution in [3.63, 3.8) is 0 Å². The highest BCUT2D eigenvalue weighted by molar-refractivity contribution is 7.51. The highest BCUT2D eigenvalue weighted by Gasteiger charge is 2.24. The molecule has 1 aliphatic rings. The van der Waals surface area contributed by atoms with Gasteiger partial charge in [-0.05, 0) is 49.8 Å². The minimum absolute atomic E-state index is 0.00658. The average Bonchev–Trinajstić information content (AvgIpc) is 2.58. The number of hydrogen-bond donors (Lipinski definition) is 2. The molecule has 1 saturated heterocycles. The number of anilines is 1. The van der Waals surface area contributed by atoms with Gasteiger partial charge in [0.1, 0.15) is 11.6 Å². The Labute approximate surface area is 148 Å². The molecule has 0 radical (unpaired) electrons. The van der Waals surface area contributed by atoms with E-state index in [1.54, 1.807) is 0 Å². The lowest BCUT2D eigenvalue weighted by Crippen LogP contribution is -2.34. The molecule has 3 rings (SSSR count). The summed E-state index contributed by atoms with van der Waals surface area (Å²) < 4.78 is 11.1. The molecule has 0 atom stereocenters. The van der Waals surface area contributed by atoms with E-state index < -0.39 is 7.60 Å². The molecule has 2 heterocycles. The van der Waals surface area contributed by atoms with Crippen LogP contribution in [0, 0.1) is 12.8 Å². The molecule has 1 aromatic carbocycles. The number of aryl methyl sites for hydroxylation is 2. The molecule has 1 aromatic heterocycles. The Hall–Kier alpha value is -1.49. The number of benzene rings is 1. The van der Waals surface area contributed by atoms with Crippen LogP contribution in [0.4, 0.5) is 5.82 Å². The Kier molecular flexibility index (Phi) is 5.42. The molecule has 0 spiro atoms. The number of hydrogen-bond acceptors (Lipinski definition) is 4. The zero-order valence-corrected chi connectivity index (χ0v) is 15.7. The van der Waals surface area contributed by atoms with Crippen molar-refractivity contribution in [2.24, 2.45) is 5.92 Å². The third-order valence-corrected chi connectivity index (χ3v) is 5.78. The SMILES string of the molecule is CCc1nc(N2CCC(CCP(=O)(O)O)CC2)c2ccc(C)cc2n1. The zero-order valence-electron chi connectivity index (χ0n) is 14.9. The number of nitrogens with zero attached hydrogens (tertiary/aromatic N) is 3. The third-order valence-electron chi connectivity index (χ3n) is 4.94. The topological polar surface area (TPSA) is 86.6 Å². The van der Waals surface area contributed by atoms with Crippen molar-refractivity contribution in [2.75, 3.05) is 24.2 Å². The van der Waals surface area contributed by atoms with Crippen LogP contribution in [0.5, 0.6) is 0 Å². The summed E-state index contributed by atoms with van der Waals surface area (Å²) in [6, 6.07) is 6.29. The molecule has 1 fully saturated rings.